The van der Waals surface area contributed by atoms with E-state index < -0.39 is 0 Å². The highest BCUT2D eigenvalue weighted by molar-refractivity contribution is 9.10. The van der Waals surface area contributed by atoms with E-state index in [9.17, 15) is 9.59 Å². The van der Waals surface area contributed by atoms with Gasteiger partial charge in [-0.2, -0.15) is 0 Å². The SMILES string of the molecule is CCN1C(=O)/C(=C/c2cn(CC(=O)N3CCCCC3)c3ccc(Br)cc23)NC1=S. The highest BCUT2D eigenvalue weighted by Gasteiger charge is 2.29. The number of amides is 2. The molecule has 8 heteroatoms. The lowest BCUT2D eigenvalue weighted by Gasteiger charge is -2.27. The van der Waals surface area contributed by atoms with Crippen LogP contribution in [0.4, 0.5) is 0 Å². The maximum Gasteiger partial charge on any atom is 0.276 e. The Hall–Kier alpha value is -2.19. The topological polar surface area (TPSA) is 57.6 Å². The number of nitrogens with one attached hydrogen (secondary N) is 1. The van der Waals surface area contributed by atoms with Crippen molar-refractivity contribution >= 4 is 62.1 Å². The summed E-state index contributed by atoms with van der Waals surface area (Å²) < 4.78 is 2.92. The third-order valence-corrected chi connectivity index (χ3v) is 6.28. The zero-order chi connectivity index (χ0) is 20.5. The third-order valence-electron chi connectivity index (χ3n) is 5.47. The van der Waals surface area contributed by atoms with Crippen LogP contribution in [0.3, 0.4) is 0 Å². The molecule has 2 fully saturated rings. The van der Waals surface area contributed by atoms with E-state index in [0.29, 0.717) is 23.9 Å². The fourth-order valence-corrected chi connectivity index (χ4v) is 4.63. The largest absolute Gasteiger partial charge is 0.341 e. The van der Waals surface area contributed by atoms with Gasteiger partial charge >= 0.3 is 0 Å². The second-order valence-corrected chi connectivity index (χ2v) is 8.66. The lowest BCUT2D eigenvalue weighted by molar-refractivity contribution is -0.132. The van der Waals surface area contributed by atoms with Crippen molar-refractivity contribution in [2.75, 3.05) is 19.6 Å². The summed E-state index contributed by atoms with van der Waals surface area (Å²) in [6.07, 6.45) is 7.10. The van der Waals surface area contributed by atoms with Gasteiger partial charge in [0.25, 0.3) is 5.91 Å². The zero-order valence-electron chi connectivity index (χ0n) is 16.3. The molecule has 1 aromatic heterocycles. The minimum absolute atomic E-state index is 0.127. The Labute approximate surface area is 183 Å². The molecule has 0 bridgehead atoms. The first-order valence-electron chi connectivity index (χ1n) is 9.88. The molecule has 0 spiro atoms. The molecule has 2 amide bonds. The Morgan fingerprint density at radius 3 is 2.72 bits per heavy atom. The number of thiocarbonyl (C=S) groups is 1. The van der Waals surface area contributed by atoms with Gasteiger partial charge in [-0.3, -0.25) is 14.5 Å². The summed E-state index contributed by atoms with van der Waals surface area (Å²) in [5.41, 5.74) is 2.30. The minimum Gasteiger partial charge on any atom is -0.341 e. The van der Waals surface area contributed by atoms with Crippen molar-refractivity contribution in [3.63, 3.8) is 0 Å². The Kier molecular flexibility index (Phi) is 5.74. The Morgan fingerprint density at radius 2 is 2.03 bits per heavy atom. The summed E-state index contributed by atoms with van der Waals surface area (Å²) in [4.78, 5) is 28.9. The van der Waals surface area contributed by atoms with Gasteiger partial charge in [0, 0.05) is 46.8 Å². The van der Waals surface area contributed by atoms with Crippen molar-refractivity contribution in [2.45, 2.75) is 32.7 Å². The molecule has 2 aliphatic heterocycles. The van der Waals surface area contributed by atoms with Gasteiger partial charge in [-0.1, -0.05) is 15.9 Å². The number of carbonyl (C=O) groups is 2. The van der Waals surface area contributed by atoms with E-state index in [1.54, 1.807) is 0 Å². The number of likely N-dealkylation sites (N-methyl/N-ethyl adjacent to an activating group) is 1. The van der Waals surface area contributed by atoms with Gasteiger partial charge < -0.3 is 14.8 Å². The molecule has 0 radical (unpaired) electrons. The van der Waals surface area contributed by atoms with E-state index in [0.717, 1.165) is 46.9 Å². The van der Waals surface area contributed by atoms with Crippen molar-refractivity contribution in [1.82, 2.24) is 19.7 Å². The summed E-state index contributed by atoms with van der Waals surface area (Å²) in [6.45, 7) is 4.39. The standard InChI is InChI=1S/C21H23BrN4O2S/c1-2-26-20(28)17(23-21(26)29)10-14-12-25(18-7-6-15(22)11-16(14)18)13-19(27)24-8-4-3-5-9-24/h6-7,10-12H,2-5,8-9,13H2,1H3,(H,23,29)/b17-10-. The van der Waals surface area contributed by atoms with E-state index >= 15 is 0 Å². The summed E-state index contributed by atoms with van der Waals surface area (Å²) in [7, 11) is 0. The summed E-state index contributed by atoms with van der Waals surface area (Å²) in [6, 6.07) is 5.98. The number of hydrogen-bond donors (Lipinski definition) is 1. The Bertz CT molecular complexity index is 1020. The van der Waals surface area contributed by atoms with Gasteiger partial charge in [0.15, 0.2) is 5.11 Å². The van der Waals surface area contributed by atoms with Crippen molar-refractivity contribution in [3.05, 3.63) is 40.1 Å². The average Bonchev–Trinajstić information content (AvgIpc) is 3.18. The molecule has 2 saturated heterocycles. The molecule has 1 N–H and O–H groups in total. The number of benzene rings is 1. The molecule has 2 aromatic rings. The van der Waals surface area contributed by atoms with Crippen LogP contribution in [0.15, 0.2) is 34.6 Å². The molecule has 1 aromatic carbocycles. The molecule has 0 unspecified atom stereocenters. The Balaban J connectivity index is 1.69. The highest BCUT2D eigenvalue weighted by Crippen LogP contribution is 2.28. The minimum atomic E-state index is -0.127. The van der Waals surface area contributed by atoms with Gasteiger partial charge in [0.1, 0.15) is 12.2 Å². The lowest BCUT2D eigenvalue weighted by Crippen LogP contribution is -2.37. The van der Waals surface area contributed by atoms with Crippen molar-refractivity contribution in [3.8, 4) is 0 Å². The molecule has 0 aliphatic carbocycles. The van der Waals surface area contributed by atoms with Gasteiger partial charge in [-0.25, -0.2) is 0 Å². The summed E-state index contributed by atoms with van der Waals surface area (Å²) in [5, 5.41) is 4.41. The van der Waals surface area contributed by atoms with Crippen LogP contribution in [0.1, 0.15) is 31.7 Å². The number of carbonyl (C=O) groups excluding carboxylic acids is 2. The fraction of sp³-hybridized carbons (Fsp3) is 0.381. The van der Waals surface area contributed by atoms with E-state index in [-0.39, 0.29) is 11.8 Å². The number of halogens is 1. The van der Waals surface area contributed by atoms with E-state index in [2.05, 4.69) is 21.2 Å². The number of fused-ring (bicyclic) bond motifs is 1. The van der Waals surface area contributed by atoms with Crippen LogP contribution in [0.25, 0.3) is 17.0 Å². The number of hydrogen-bond acceptors (Lipinski definition) is 3. The van der Waals surface area contributed by atoms with Crippen LogP contribution in [0, 0.1) is 0 Å². The van der Waals surface area contributed by atoms with Crippen molar-refractivity contribution < 1.29 is 9.59 Å². The molecular formula is C21H23BrN4O2S. The van der Waals surface area contributed by atoms with Gasteiger partial charge in [-0.05, 0) is 62.7 Å². The number of aromatic nitrogens is 1. The first-order valence-corrected chi connectivity index (χ1v) is 11.1. The zero-order valence-corrected chi connectivity index (χ0v) is 18.7. The quantitative estimate of drug-likeness (QED) is 0.544. The third kappa shape index (κ3) is 3.96. The number of likely N-dealkylation sites (tertiary alicyclic amines) is 1. The van der Waals surface area contributed by atoms with Crippen LogP contribution in [0.5, 0.6) is 0 Å². The van der Waals surface area contributed by atoms with Crippen molar-refractivity contribution in [2.24, 2.45) is 0 Å². The maximum absolute atomic E-state index is 12.8. The monoisotopic (exact) mass is 474 g/mol. The summed E-state index contributed by atoms with van der Waals surface area (Å²) in [5.74, 6) is 0.00918. The molecule has 0 atom stereocenters. The second-order valence-electron chi connectivity index (χ2n) is 7.35. The van der Waals surface area contributed by atoms with Crippen molar-refractivity contribution in [1.29, 1.82) is 0 Å². The first kappa shape index (κ1) is 20.1. The van der Waals surface area contributed by atoms with E-state index in [1.807, 2.05) is 46.9 Å². The molecular weight excluding hydrogens is 452 g/mol. The molecule has 6 nitrogen and oxygen atoms in total. The van der Waals surface area contributed by atoms with Gasteiger partial charge in [-0.15, -0.1) is 0 Å². The van der Waals surface area contributed by atoms with Crippen LogP contribution in [-0.2, 0) is 16.1 Å². The molecule has 0 saturated carbocycles. The van der Waals surface area contributed by atoms with Crippen LogP contribution in [-0.4, -0.2) is 50.9 Å². The normalized spacial score (nSPS) is 18.8. The van der Waals surface area contributed by atoms with E-state index in [1.165, 1.54) is 11.3 Å². The maximum atomic E-state index is 12.8. The summed E-state index contributed by atoms with van der Waals surface area (Å²) >= 11 is 8.78. The number of rotatable bonds is 4. The van der Waals surface area contributed by atoms with Crippen LogP contribution < -0.4 is 5.32 Å². The molecule has 4 rings (SSSR count). The molecule has 2 aliphatic rings. The van der Waals surface area contributed by atoms with Crippen LogP contribution in [0.2, 0.25) is 0 Å². The van der Waals surface area contributed by atoms with Gasteiger partial charge in [0.2, 0.25) is 5.91 Å². The predicted molar refractivity (Wildman–Crippen MR) is 121 cm³/mol. The highest BCUT2D eigenvalue weighted by atomic mass is 79.9. The number of nitrogens with zero attached hydrogens (tertiary/aromatic N) is 3. The fourth-order valence-electron chi connectivity index (χ4n) is 3.95. The number of piperidine rings is 1. The lowest BCUT2D eigenvalue weighted by atomic mass is 10.1. The smallest absolute Gasteiger partial charge is 0.276 e. The first-order chi connectivity index (χ1) is 14.0. The second kappa shape index (κ2) is 8.28. The van der Waals surface area contributed by atoms with Crippen LogP contribution >= 0.6 is 28.1 Å². The molecule has 3 heterocycles. The average molecular weight is 475 g/mol. The Morgan fingerprint density at radius 1 is 1.28 bits per heavy atom. The molecule has 29 heavy (non-hydrogen) atoms. The van der Waals surface area contributed by atoms with Gasteiger partial charge in [0.05, 0.1) is 0 Å². The van der Waals surface area contributed by atoms with E-state index in [4.69, 9.17) is 12.2 Å². The molecule has 152 valence electrons. The predicted octanol–water partition coefficient (Wildman–Crippen LogP) is 3.49.